The van der Waals surface area contributed by atoms with E-state index in [1.54, 1.807) is 0 Å². The molecule has 0 saturated carbocycles. The molecule has 0 atom stereocenters. The highest BCUT2D eigenvalue weighted by molar-refractivity contribution is 5.50. The fourth-order valence-electron chi connectivity index (χ4n) is 3.04. The summed E-state index contributed by atoms with van der Waals surface area (Å²) in [6.07, 6.45) is 0. The van der Waals surface area contributed by atoms with Crippen molar-refractivity contribution in [2.75, 3.05) is 0 Å². The van der Waals surface area contributed by atoms with Gasteiger partial charge in [-0.1, -0.05) is 47.9 Å². The van der Waals surface area contributed by atoms with Crippen molar-refractivity contribution in [3.63, 3.8) is 0 Å². The maximum atomic E-state index is 4.55. The van der Waals surface area contributed by atoms with Gasteiger partial charge in [0.2, 0.25) is 0 Å². The van der Waals surface area contributed by atoms with E-state index >= 15 is 0 Å². The molecule has 144 valence electrons. The number of hydrogen-bond acceptors (Lipinski definition) is 2. The molecule has 32 heavy (non-hydrogen) atoms. The Bertz CT molecular complexity index is 1260. The molecule has 4 aromatic rings. The predicted octanol–water partition coefficient (Wildman–Crippen LogP) is 4.39. The van der Waals surface area contributed by atoms with Crippen LogP contribution in [-0.4, -0.2) is 9.97 Å². The molecular formula is C30H14N2. The molecule has 0 aliphatic carbocycles. The Kier molecular flexibility index (Phi) is 5.20. The van der Waals surface area contributed by atoms with Gasteiger partial charge in [0.1, 0.15) is 22.8 Å². The van der Waals surface area contributed by atoms with Crippen LogP contribution in [0.4, 0.5) is 0 Å². The Morgan fingerprint density at radius 1 is 0.344 bits per heavy atom. The monoisotopic (exact) mass is 402 g/mol. The molecule has 2 nitrogen and oxygen atoms in total. The van der Waals surface area contributed by atoms with Gasteiger partial charge in [0.25, 0.3) is 0 Å². The molecule has 0 radical (unpaired) electrons. The van der Waals surface area contributed by atoms with Crippen LogP contribution in [0.3, 0.4) is 0 Å². The summed E-state index contributed by atoms with van der Waals surface area (Å²) < 4.78 is 0. The van der Waals surface area contributed by atoms with E-state index in [1.165, 1.54) is 0 Å². The molecular weight excluding hydrogens is 388 g/mol. The number of pyridine rings is 2. The van der Waals surface area contributed by atoms with Gasteiger partial charge in [-0.15, -0.1) is 0 Å². The Hall–Kier alpha value is -5.02. The summed E-state index contributed by atoms with van der Waals surface area (Å²) in [6.45, 7) is 0. The minimum Gasteiger partial charge on any atom is -0.231 e. The lowest BCUT2D eigenvalue weighted by Crippen LogP contribution is -1.88. The van der Waals surface area contributed by atoms with Gasteiger partial charge >= 0.3 is 0 Å². The molecule has 5 rings (SSSR count). The van der Waals surface area contributed by atoms with Gasteiger partial charge in [0.15, 0.2) is 0 Å². The highest BCUT2D eigenvalue weighted by Crippen LogP contribution is 2.07. The third-order valence-electron chi connectivity index (χ3n) is 4.56. The first kappa shape index (κ1) is 19.0. The highest BCUT2D eigenvalue weighted by atomic mass is 14.7. The first-order valence-electron chi connectivity index (χ1n) is 10.0. The van der Waals surface area contributed by atoms with Crippen molar-refractivity contribution in [3.8, 4) is 47.4 Å². The SMILES string of the molecule is C1#Cc2cccc(n2)C#Cc2cccc(c2)C#Cc2cccc(n2)C#Cc2cccc1c2. The van der Waals surface area contributed by atoms with Crippen LogP contribution in [0.1, 0.15) is 45.0 Å². The van der Waals surface area contributed by atoms with E-state index in [4.69, 9.17) is 0 Å². The van der Waals surface area contributed by atoms with E-state index in [0.29, 0.717) is 22.8 Å². The van der Waals surface area contributed by atoms with E-state index in [9.17, 15) is 0 Å². The molecule has 3 heterocycles. The largest absolute Gasteiger partial charge is 0.231 e. The molecule has 0 N–H and O–H groups in total. The third-order valence-corrected chi connectivity index (χ3v) is 4.56. The Morgan fingerprint density at radius 3 is 0.938 bits per heavy atom. The van der Waals surface area contributed by atoms with E-state index in [2.05, 4.69) is 57.3 Å². The minimum atomic E-state index is 0.670. The lowest BCUT2D eigenvalue weighted by atomic mass is 10.1. The first-order chi connectivity index (χ1) is 15.8. The molecule has 1 aliphatic heterocycles. The lowest BCUT2D eigenvalue weighted by molar-refractivity contribution is 1.25. The van der Waals surface area contributed by atoms with Crippen LogP contribution in [0.25, 0.3) is 0 Å². The molecule has 0 fully saturated rings. The molecule has 0 amide bonds. The van der Waals surface area contributed by atoms with Gasteiger partial charge in [-0.25, -0.2) is 9.97 Å². The summed E-state index contributed by atoms with van der Waals surface area (Å²) in [5, 5.41) is 0. The summed E-state index contributed by atoms with van der Waals surface area (Å²) in [6, 6.07) is 27.0. The second-order valence-corrected chi connectivity index (χ2v) is 6.98. The predicted molar refractivity (Wildman–Crippen MR) is 125 cm³/mol. The summed E-state index contributed by atoms with van der Waals surface area (Å²) in [5.41, 5.74) is 6.16. The van der Waals surface area contributed by atoms with Crippen LogP contribution < -0.4 is 0 Å². The highest BCUT2D eigenvalue weighted by Gasteiger charge is 1.96. The van der Waals surface area contributed by atoms with E-state index in [0.717, 1.165) is 22.3 Å². The normalized spacial score (nSPS) is 10.5. The average molecular weight is 402 g/mol. The summed E-state index contributed by atoms with van der Waals surface area (Å²) >= 11 is 0. The smallest absolute Gasteiger partial charge is 0.115 e. The standard InChI is InChI=1S/C30H14N2/c1-5-23-13-17-27-9-3-11-29(31-27)19-15-25-7-2-8-26(22-25)16-20-30-12-4-10-28(32-30)18-14-24(6-1)21-23/h1-12,21-22H. The van der Waals surface area contributed by atoms with Gasteiger partial charge in [-0.2, -0.15) is 0 Å². The number of nitrogens with zero attached hydrogens (tertiary/aromatic N) is 2. The number of hydrogen-bond donors (Lipinski definition) is 0. The molecule has 0 saturated heterocycles. The molecule has 2 aromatic heterocycles. The topological polar surface area (TPSA) is 25.8 Å². The number of fused-ring (bicyclic) bond motifs is 8. The fraction of sp³-hybridized carbons (Fsp3) is 0. The zero-order chi connectivity index (χ0) is 21.6. The summed E-state index contributed by atoms with van der Waals surface area (Å²) in [7, 11) is 0. The van der Waals surface area contributed by atoms with Crippen molar-refractivity contribution >= 4 is 0 Å². The van der Waals surface area contributed by atoms with Crippen LogP contribution in [0.2, 0.25) is 0 Å². The quantitative estimate of drug-likeness (QED) is 0.359. The van der Waals surface area contributed by atoms with E-state index in [1.807, 2.05) is 84.9 Å². The van der Waals surface area contributed by atoms with Crippen LogP contribution in [0.15, 0.2) is 84.9 Å². The maximum absolute atomic E-state index is 4.55. The zero-order valence-electron chi connectivity index (χ0n) is 17.0. The van der Waals surface area contributed by atoms with Crippen LogP contribution in [0, 0.1) is 47.4 Å². The molecule has 0 unspecified atom stereocenters. The van der Waals surface area contributed by atoms with Crippen molar-refractivity contribution in [2.45, 2.75) is 0 Å². The van der Waals surface area contributed by atoms with Crippen molar-refractivity contribution in [2.24, 2.45) is 0 Å². The van der Waals surface area contributed by atoms with E-state index < -0.39 is 0 Å². The average Bonchev–Trinajstić information content (AvgIpc) is 2.84. The van der Waals surface area contributed by atoms with Gasteiger partial charge in [-0.05, 0) is 84.3 Å². The Morgan fingerprint density at radius 2 is 0.625 bits per heavy atom. The van der Waals surface area contributed by atoms with Crippen LogP contribution >= 0.6 is 0 Å². The third kappa shape index (κ3) is 4.75. The number of benzene rings is 2. The number of aromatic nitrogens is 2. The van der Waals surface area contributed by atoms with Crippen molar-refractivity contribution < 1.29 is 0 Å². The van der Waals surface area contributed by atoms with Crippen LogP contribution in [-0.2, 0) is 0 Å². The van der Waals surface area contributed by atoms with Gasteiger partial charge < -0.3 is 0 Å². The lowest BCUT2D eigenvalue weighted by Gasteiger charge is -1.96. The maximum Gasteiger partial charge on any atom is 0.115 e. The Balaban J connectivity index is 1.65. The van der Waals surface area contributed by atoms with Crippen molar-refractivity contribution in [1.82, 2.24) is 9.97 Å². The first-order valence-corrected chi connectivity index (χ1v) is 10.0. The zero-order valence-corrected chi connectivity index (χ0v) is 17.0. The van der Waals surface area contributed by atoms with Gasteiger partial charge in [0, 0.05) is 22.3 Å². The fourth-order valence-corrected chi connectivity index (χ4v) is 3.04. The van der Waals surface area contributed by atoms with Crippen LogP contribution in [0.5, 0.6) is 0 Å². The molecule has 2 heteroatoms. The molecule has 0 spiro atoms. The molecule has 2 aromatic carbocycles. The Labute approximate surface area is 187 Å². The minimum absolute atomic E-state index is 0.670. The van der Waals surface area contributed by atoms with Crippen molar-refractivity contribution in [1.29, 1.82) is 0 Å². The van der Waals surface area contributed by atoms with E-state index in [-0.39, 0.29) is 0 Å². The van der Waals surface area contributed by atoms with Gasteiger partial charge in [0.05, 0.1) is 0 Å². The van der Waals surface area contributed by atoms with Gasteiger partial charge in [-0.3, -0.25) is 0 Å². The van der Waals surface area contributed by atoms with Crippen molar-refractivity contribution in [3.05, 3.63) is 130 Å². The number of rotatable bonds is 0. The molecule has 8 bridgehead atoms. The summed E-state index contributed by atoms with van der Waals surface area (Å²) in [4.78, 5) is 9.09. The summed E-state index contributed by atoms with van der Waals surface area (Å²) in [5.74, 6) is 25.1. The second kappa shape index (κ2) is 8.78. The second-order valence-electron chi connectivity index (χ2n) is 6.98. The molecule has 1 aliphatic rings.